The Kier molecular flexibility index (Phi) is 5.73. The van der Waals surface area contributed by atoms with E-state index in [-0.39, 0.29) is 5.75 Å². The van der Waals surface area contributed by atoms with E-state index >= 15 is 0 Å². The van der Waals surface area contributed by atoms with E-state index in [0.717, 1.165) is 4.47 Å². The molecule has 8 nitrogen and oxygen atoms in total. The molecule has 0 saturated carbocycles. The molecule has 0 amide bonds. The van der Waals surface area contributed by atoms with Crippen LogP contribution in [0.15, 0.2) is 27.8 Å². The zero-order chi connectivity index (χ0) is 16.3. The fraction of sp³-hybridized carbons (Fsp3) is 0.462. The number of ether oxygens (including phenoxy) is 1. The number of oxime groups is 1. The van der Waals surface area contributed by atoms with Crippen LogP contribution in [0.1, 0.15) is 5.56 Å². The van der Waals surface area contributed by atoms with Gasteiger partial charge >= 0.3 is 0 Å². The second-order valence-corrected chi connectivity index (χ2v) is 5.66. The minimum Gasteiger partial charge on any atom is -0.507 e. The molecule has 3 unspecified atom stereocenters. The minimum atomic E-state index is -1.54. The second kappa shape index (κ2) is 7.36. The van der Waals surface area contributed by atoms with Crippen LogP contribution in [0.3, 0.4) is 0 Å². The molecular weight excluding hydrogens is 362 g/mol. The summed E-state index contributed by atoms with van der Waals surface area (Å²) in [6.07, 6.45) is -5.77. The van der Waals surface area contributed by atoms with Crippen LogP contribution in [0, 0.1) is 0 Å². The number of aliphatic hydroxyl groups excluding tert-OH is 4. The smallest absolute Gasteiger partial charge is 0.256 e. The number of aliphatic hydroxyl groups is 4. The Morgan fingerprint density at radius 1 is 1.23 bits per heavy atom. The van der Waals surface area contributed by atoms with E-state index in [9.17, 15) is 20.4 Å². The molecule has 0 radical (unpaired) electrons. The summed E-state index contributed by atoms with van der Waals surface area (Å²) in [5.74, 6) is -0.0237. The van der Waals surface area contributed by atoms with E-state index < -0.39 is 37.3 Å². The topological polar surface area (TPSA) is 132 Å². The maximum Gasteiger partial charge on any atom is 0.256 e. The van der Waals surface area contributed by atoms with E-state index in [4.69, 9.17) is 14.7 Å². The molecule has 1 aromatic carbocycles. The lowest BCUT2D eigenvalue weighted by Gasteiger charge is -2.38. The molecule has 5 N–H and O–H groups in total. The number of nitrogens with zero attached hydrogens (tertiary/aromatic N) is 1. The van der Waals surface area contributed by atoms with Crippen LogP contribution in [0.25, 0.3) is 0 Å². The summed E-state index contributed by atoms with van der Waals surface area (Å²) in [5, 5.41) is 51.2. The highest BCUT2D eigenvalue weighted by molar-refractivity contribution is 9.10. The third-order valence-corrected chi connectivity index (χ3v) is 3.69. The Morgan fingerprint density at radius 2 is 1.95 bits per heavy atom. The van der Waals surface area contributed by atoms with Crippen molar-refractivity contribution in [3.05, 3.63) is 28.2 Å². The average molecular weight is 378 g/mol. The molecule has 1 fully saturated rings. The predicted molar refractivity (Wildman–Crippen MR) is 78.3 cm³/mol. The fourth-order valence-electron chi connectivity index (χ4n) is 1.93. The number of hydrogen-bond donors (Lipinski definition) is 5. The van der Waals surface area contributed by atoms with Gasteiger partial charge in [0.1, 0.15) is 30.2 Å². The Bertz CT molecular complexity index is 539. The van der Waals surface area contributed by atoms with Gasteiger partial charge in [-0.15, -0.1) is 0 Å². The molecule has 1 aromatic rings. The summed E-state index contributed by atoms with van der Waals surface area (Å²) >= 11 is 3.24. The van der Waals surface area contributed by atoms with Gasteiger partial charge in [-0.3, -0.25) is 0 Å². The van der Waals surface area contributed by atoms with Gasteiger partial charge < -0.3 is 35.1 Å². The van der Waals surface area contributed by atoms with Crippen molar-refractivity contribution in [3.8, 4) is 5.75 Å². The molecule has 0 aromatic heterocycles. The first kappa shape index (κ1) is 17.1. The normalized spacial score (nSPS) is 32.3. The molecule has 1 saturated heterocycles. The first-order valence-corrected chi connectivity index (χ1v) is 7.21. The van der Waals surface area contributed by atoms with Crippen molar-refractivity contribution in [2.75, 3.05) is 6.61 Å². The van der Waals surface area contributed by atoms with Crippen LogP contribution in [-0.4, -0.2) is 69.1 Å². The minimum absolute atomic E-state index is 0.0237. The lowest BCUT2D eigenvalue weighted by atomic mass is 9.99. The van der Waals surface area contributed by atoms with Gasteiger partial charge in [-0.25, -0.2) is 0 Å². The molecule has 1 heterocycles. The predicted octanol–water partition coefficient (Wildman–Crippen LogP) is -0.695. The average Bonchev–Trinajstić information content (AvgIpc) is 2.50. The van der Waals surface area contributed by atoms with Crippen LogP contribution < -0.4 is 0 Å². The van der Waals surface area contributed by atoms with Crippen LogP contribution >= 0.6 is 15.9 Å². The van der Waals surface area contributed by atoms with Crippen molar-refractivity contribution in [1.29, 1.82) is 0 Å². The van der Waals surface area contributed by atoms with E-state index in [0.29, 0.717) is 5.56 Å². The largest absolute Gasteiger partial charge is 0.507 e. The Labute approximate surface area is 134 Å². The molecule has 0 bridgehead atoms. The summed E-state index contributed by atoms with van der Waals surface area (Å²) in [6.45, 7) is -0.555. The van der Waals surface area contributed by atoms with E-state index in [1.54, 1.807) is 12.1 Å². The van der Waals surface area contributed by atoms with Crippen molar-refractivity contribution in [2.45, 2.75) is 30.7 Å². The van der Waals surface area contributed by atoms with Gasteiger partial charge in [0.15, 0.2) is 0 Å². The summed E-state index contributed by atoms with van der Waals surface area (Å²) in [4.78, 5) is 4.93. The Hall–Kier alpha value is -1.23. The van der Waals surface area contributed by atoms with Crippen molar-refractivity contribution in [2.24, 2.45) is 5.16 Å². The molecule has 0 aliphatic carbocycles. The maximum absolute atomic E-state index is 9.74. The van der Waals surface area contributed by atoms with Crippen LogP contribution in [-0.2, 0) is 9.57 Å². The van der Waals surface area contributed by atoms with Gasteiger partial charge in [-0.05, 0) is 18.2 Å². The lowest BCUT2D eigenvalue weighted by Crippen LogP contribution is -2.58. The van der Waals surface area contributed by atoms with Crippen LogP contribution in [0.2, 0.25) is 0 Å². The van der Waals surface area contributed by atoms with E-state index in [2.05, 4.69) is 21.1 Å². The number of hydrogen-bond acceptors (Lipinski definition) is 8. The monoisotopic (exact) mass is 377 g/mol. The number of halogens is 1. The highest BCUT2D eigenvalue weighted by Gasteiger charge is 2.44. The highest BCUT2D eigenvalue weighted by atomic mass is 79.9. The van der Waals surface area contributed by atoms with Gasteiger partial charge in [0.2, 0.25) is 0 Å². The van der Waals surface area contributed by atoms with Crippen molar-refractivity contribution in [3.63, 3.8) is 0 Å². The Morgan fingerprint density at radius 3 is 2.64 bits per heavy atom. The third-order valence-electron chi connectivity index (χ3n) is 3.19. The SMILES string of the molecule is OCC1O[C@@H](O/N=C/c2cc(Br)ccc2O)C(O)[C@@H](O)C1O. The van der Waals surface area contributed by atoms with Gasteiger partial charge in [-0.2, -0.15) is 0 Å². The van der Waals surface area contributed by atoms with Crippen molar-refractivity contribution >= 4 is 22.1 Å². The molecule has 22 heavy (non-hydrogen) atoms. The van der Waals surface area contributed by atoms with Crippen LogP contribution in [0.4, 0.5) is 0 Å². The fourth-order valence-corrected chi connectivity index (χ4v) is 2.31. The van der Waals surface area contributed by atoms with Crippen molar-refractivity contribution in [1.82, 2.24) is 0 Å². The number of phenolic OH excluding ortho intramolecular Hbond substituents is 1. The van der Waals surface area contributed by atoms with Gasteiger partial charge in [0, 0.05) is 10.0 Å². The molecule has 5 atom stereocenters. The number of benzene rings is 1. The quantitative estimate of drug-likeness (QED) is 0.346. The molecular formula is C13H16BrNO7. The van der Waals surface area contributed by atoms with Gasteiger partial charge in [0.05, 0.1) is 12.8 Å². The first-order chi connectivity index (χ1) is 10.4. The number of rotatable bonds is 4. The van der Waals surface area contributed by atoms with Gasteiger partial charge in [0.25, 0.3) is 6.29 Å². The third kappa shape index (κ3) is 3.75. The summed E-state index contributed by atoms with van der Waals surface area (Å²) in [7, 11) is 0. The van der Waals surface area contributed by atoms with Gasteiger partial charge in [-0.1, -0.05) is 21.1 Å². The van der Waals surface area contributed by atoms with E-state index in [1.165, 1.54) is 12.3 Å². The summed E-state index contributed by atoms with van der Waals surface area (Å²) in [6, 6.07) is 4.69. The molecule has 1 aliphatic rings. The molecule has 2 rings (SSSR count). The molecule has 0 spiro atoms. The number of aromatic hydroxyl groups is 1. The summed E-state index contributed by atoms with van der Waals surface area (Å²) < 4.78 is 5.83. The zero-order valence-corrected chi connectivity index (χ0v) is 12.9. The standard InChI is InChI=1S/C13H16BrNO7/c14-7-1-2-8(17)6(3-7)4-15-22-13-12(20)11(19)10(18)9(5-16)21-13/h1-4,9-13,16-20H,5H2/b15-4+/t9?,10?,11-,12?,13-/m0/s1. The van der Waals surface area contributed by atoms with Crippen molar-refractivity contribution < 1.29 is 35.1 Å². The molecule has 9 heteroatoms. The molecule has 1 aliphatic heterocycles. The van der Waals surface area contributed by atoms with Crippen LogP contribution in [0.5, 0.6) is 5.75 Å². The number of phenols is 1. The van der Waals surface area contributed by atoms with E-state index in [1.807, 2.05) is 0 Å². The maximum atomic E-state index is 9.74. The second-order valence-electron chi connectivity index (χ2n) is 4.74. The first-order valence-electron chi connectivity index (χ1n) is 6.42. The lowest BCUT2D eigenvalue weighted by molar-refractivity contribution is -0.301. The summed E-state index contributed by atoms with van der Waals surface area (Å²) in [5.41, 5.74) is 0.360. The molecule has 122 valence electrons. The Balaban J connectivity index is 2.03. The zero-order valence-electron chi connectivity index (χ0n) is 11.3. The highest BCUT2D eigenvalue weighted by Crippen LogP contribution is 2.23.